The van der Waals surface area contributed by atoms with Crippen molar-refractivity contribution in [3.05, 3.63) is 51.7 Å². The third-order valence-electron chi connectivity index (χ3n) is 2.14. The van der Waals surface area contributed by atoms with E-state index < -0.39 is 0 Å². The van der Waals surface area contributed by atoms with E-state index in [1.807, 2.05) is 0 Å². The molecule has 2 aromatic rings. The molecule has 2 rings (SSSR count). The second kappa shape index (κ2) is 5.49. The molecule has 0 saturated heterocycles. The van der Waals surface area contributed by atoms with Gasteiger partial charge < -0.3 is 9.84 Å². The molecule has 0 saturated carbocycles. The fourth-order valence-electron chi connectivity index (χ4n) is 1.36. The average Bonchev–Trinajstić information content (AvgIpc) is 2.29. The summed E-state index contributed by atoms with van der Waals surface area (Å²) < 4.78 is 6.45. The first-order chi connectivity index (χ1) is 8.20. The molecule has 0 atom stereocenters. The Morgan fingerprint density at radius 2 is 2.18 bits per heavy atom. The zero-order valence-electron chi connectivity index (χ0n) is 8.73. The van der Waals surface area contributed by atoms with E-state index in [2.05, 4.69) is 20.9 Å². The smallest absolute Gasteiger partial charge is 0.146 e. The van der Waals surface area contributed by atoms with E-state index in [-0.39, 0.29) is 6.61 Å². The Hall–Kier alpha value is -1.10. The minimum atomic E-state index is -0.170. The van der Waals surface area contributed by atoms with Crippen molar-refractivity contribution >= 4 is 27.5 Å². The summed E-state index contributed by atoms with van der Waals surface area (Å²) in [6.07, 6.45) is 3.25. The minimum absolute atomic E-state index is 0.170. The number of hydrogen-bond donors (Lipinski definition) is 1. The summed E-state index contributed by atoms with van der Waals surface area (Å²) in [5.41, 5.74) is 0.564. The van der Waals surface area contributed by atoms with Gasteiger partial charge in [-0.05, 0) is 34.1 Å². The lowest BCUT2D eigenvalue weighted by molar-refractivity contribution is 0.276. The summed E-state index contributed by atoms with van der Waals surface area (Å²) in [4.78, 5) is 3.99. The monoisotopic (exact) mass is 313 g/mol. The van der Waals surface area contributed by atoms with Crippen LogP contribution >= 0.6 is 27.5 Å². The van der Waals surface area contributed by atoms with Crippen molar-refractivity contribution in [1.29, 1.82) is 0 Å². The zero-order chi connectivity index (χ0) is 12.3. The van der Waals surface area contributed by atoms with Crippen molar-refractivity contribution in [2.24, 2.45) is 0 Å². The van der Waals surface area contributed by atoms with E-state index in [1.165, 1.54) is 0 Å². The van der Waals surface area contributed by atoms with Gasteiger partial charge in [-0.25, -0.2) is 0 Å². The first kappa shape index (κ1) is 12.4. The van der Waals surface area contributed by atoms with Gasteiger partial charge in [0.1, 0.15) is 11.5 Å². The fourth-order valence-corrected chi connectivity index (χ4v) is 1.93. The molecule has 0 amide bonds. The van der Waals surface area contributed by atoms with Crippen molar-refractivity contribution in [2.75, 3.05) is 0 Å². The van der Waals surface area contributed by atoms with Gasteiger partial charge in [0.15, 0.2) is 0 Å². The third-order valence-corrected chi connectivity index (χ3v) is 2.93. The second-order valence-electron chi connectivity index (χ2n) is 3.32. The van der Waals surface area contributed by atoms with Gasteiger partial charge in [0, 0.05) is 21.3 Å². The van der Waals surface area contributed by atoms with Gasteiger partial charge in [-0.3, -0.25) is 4.98 Å². The molecule has 1 N–H and O–H groups in total. The van der Waals surface area contributed by atoms with Gasteiger partial charge in [0.25, 0.3) is 0 Å². The summed E-state index contributed by atoms with van der Waals surface area (Å²) in [6, 6.07) is 7.01. The molecule has 3 nitrogen and oxygen atoms in total. The van der Waals surface area contributed by atoms with Crippen molar-refractivity contribution in [1.82, 2.24) is 4.98 Å². The van der Waals surface area contributed by atoms with Gasteiger partial charge in [-0.15, -0.1) is 0 Å². The third kappa shape index (κ3) is 2.97. The van der Waals surface area contributed by atoms with Crippen molar-refractivity contribution < 1.29 is 9.84 Å². The number of benzene rings is 1. The van der Waals surface area contributed by atoms with Crippen LogP contribution in [-0.2, 0) is 6.61 Å². The van der Waals surface area contributed by atoms with Gasteiger partial charge in [0.05, 0.1) is 12.8 Å². The number of rotatable bonds is 3. The van der Waals surface area contributed by atoms with E-state index in [0.29, 0.717) is 22.1 Å². The van der Waals surface area contributed by atoms with Crippen LogP contribution in [0.3, 0.4) is 0 Å². The van der Waals surface area contributed by atoms with Crippen LogP contribution in [0.1, 0.15) is 5.56 Å². The highest BCUT2D eigenvalue weighted by atomic mass is 79.9. The molecule has 0 radical (unpaired) electrons. The maximum atomic E-state index is 9.24. The number of aliphatic hydroxyl groups is 1. The van der Waals surface area contributed by atoms with E-state index in [9.17, 15) is 5.11 Å². The minimum Gasteiger partial charge on any atom is -0.455 e. The summed E-state index contributed by atoms with van der Waals surface area (Å²) in [5.74, 6) is 1.11. The summed E-state index contributed by atoms with van der Waals surface area (Å²) >= 11 is 9.27. The topological polar surface area (TPSA) is 42.4 Å². The Morgan fingerprint density at radius 1 is 1.35 bits per heavy atom. The van der Waals surface area contributed by atoms with Crippen LogP contribution in [-0.4, -0.2) is 10.1 Å². The molecular formula is C12H9BrClNO2. The predicted molar refractivity (Wildman–Crippen MR) is 69.4 cm³/mol. The van der Waals surface area contributed by atoms with Crippen LogP contribution in [0.25, 0.3) is 0 Å². The Kier molecular flexibility index (Phi) is 3.99. The predicted octanol–water partition coefficient (Wildman–Crippen LogP) is 3.78. The maximum Gasteiger partial charge on any atom is 0.146 e. The van der Waals surface area contributed by atoms with Crippen molar-refractivity contribution in [3.63, 3.8) is 0 Å². The van der Waals surface area contributed by atoms with Crippen molar-refractivity contribution in [2.45, 2.75) is 6.61 Å². The molecule has 5 heteroatoms. The summed E-state index contributed by atoms with van der Waals surface area (Å²) in [7, 11) is 0. The van der Waals surface area contributed by atoms with E-state index >= 15 is 0 Å². The molecule has 0 fully saturated rings. The normalized spacial score (nSPS) is 10.3. The largest absolute Gasteiger partial charge is 0.455 e. The Bertz CT molecular complexity index is 534. The lowest BCUT2D eigenvalue weighted by Crippen LogP contribution is -1.93. The zero-order valence-corrected chi connectivity index (χ0v) is 11.1. The van der Waals surface area contributed by atoms with Gasteiger partial charge in [0.2, 0.25) is 0 Å². The van der Waals surface area contributed by atoms with Crippen molar-refractivity contribution in [3.8, 4) is 11.5 Å². The highest BCUT2D eigenvalue weighted by Gasteiger charge is 2.08. The molecule has 1 aromatic heterocycles. The Labute approximate surface area is 112 Å². The quantitative estimate of drug-likeness (QED) is 0.937. The standard InChI is InChI=1S/C12H9BrClNO2/c13-8-4-9(6-15-5-8)17-12-3-1-2-11(14)10(12)7-16/h1-6,16H,7H2. The van der Waals surface area contributed by atoms with Crippen LogP contribution in [0.4, 0.5) is 0 Å². The summed E-state index contributed by atoms with van der Waals surface area (Å²) in [5, 5.41) is 9.72. The van der Waals surface area contributed by atoms with Crippen LogP contribution in [0, 0.1) is 0 Å². The lowest BCUT2D eigenvalue weighted by atomic mass is 10.2. The molecule has 17 heavy (non-hydrogen) atoms. The molecule has 0 bridgehead atoms. The number of halogens is 2. The number of aromatic nitrogens is 1. The number of nitrogens with zero attached hydrogens (tertiary/aromatic N) is 1. The summed E-state index contributed by atoms with van der Waals surface area (Å²) in [6.45, 7) is -0.170. The average molecular weight is 315 g/mol. The highest BCUT2D eigenvalue weighted by molar-refractivity contribution is 9.10. The molecule has 0 unspecified atom stereocenters. The fraction of sp³-hybridized carbons (Fsp3) is 0.0833. The molecule has 0 aliphatic carbocycles. The molecule has 88 valence electrons. The highest BCUT2D eigenvalue weighted by Crippen LogP contribution is 2.30. The maximum absolute atomic E-state index is 9.24. The molecular weight excluding hydrogens is 305 g/mol. The van der Waals surface area contributed by atoms with E-state index in [4.69, 9.17) is 16.3 Å². The van der Waals surface area contributed by atoms with E-state index in [1.54, 1.807) is 36.7 Å². The van der Waals surface area contributed by atoms with Crippen LogP contribution in [0.2, 0.25) is 5.02 Å². The lowest BCUT2D eigenvalue weighted by Gasteiger charge is -2.10. The number of aliphatic hydroxyl groups excluding tert-OH is 1. The SMILES string of the molecule is OCc1c(Cl)cccc1Oc1cncc(Br)c1. The van der Waals surface area contributed by atoms with Crippen LogP contribution in [0.5, 0.6) is 11.5 Å². The molecule has 0 aliphatic heterocycles. The first-order valence-corrected chi connectivity index (χ1v) is 6.04. The molecule has 0 spiro atoms. The van der Waals surface area contributed by atoms with Gasteiger partial charge >= 0.3 is 0 Å². The molecule has 0 aliphatic rings. The number of hydrogen-bond acceptors (Lipinski definition) is 3. The first-order valence-electron chi connectivity index (χ1n) is 4.87. The van der Waals surface area contributed by atoms with Gasteiger partial charge in [-0.2, -0.15) is 0 Å². The van der Waals surface area contributed by atoms with Crippen LogP contribution in [0.15, 0.2) is 41.1 Å². The number of pyridine rings is 1. The molecule has 1 heterocycles. The second-order valence-corrected chi connectivity index (χ2v) is 4.64. The molecule has 1 aromatic carbocycles. The Balaban J connectivity index is 2.33. The van der Waals surface area contributed by atoms with E-state index in [0.717, 1.165) is 4.47 Å². The number of ether oxygens (including phenoxy) is 1. The van der Waals surface area contributed by atoms with Crippen LogP contribution < -0.4 is 4.74 Å². The van der Waals surface area contributed by atoms with Gasteiger partial charge in [-0.1, -0.05) is 17.7 Å². The Morgan fingerprint density at radius 3 is 2.88 bits per heavy atom.